The van der Waals surface area contributed by atoms with Crippen LogP contribution in [0.1, 0.15) is 62.0 Å². The van der Waals surface area contributed by atoms with Gasteiger partial charge in [0.25, 0.3) is 0 Å². The summed E-state index contributed by atoms with van der Waals surface area (Å²) in [5.74, 6) is 0. The second kappa shape index (κ2) is 5.21. The Hall–Kier alpha value is -0.830. The van der Waals surface area contributed by atoms with Crippen molar-refractivity contribution >= 4 is 0 Å². The Morgan fingerprint density at radius 3 is 2.53 bits per heavy atom. The zero-order chi connectivity index (χ0) is 12.4. The van der Waals surface area contributed by atoms with Gasteiger partial charge in [-0.2, -0.15) is 5.10 Å². The van der Waals surface area contributed by atoms with Gasteiger partial charge in [0.1, 0.15) is 0 Å². The summed E-state index contributed by atoms with van der Waals surface area (Å²) in [6, 6.07) is 0.848. The lowest BCUT2D eigenvalue weighted by Crippen LogP contribution is -2.19. The van der Waals surface area contributed by atoms with E-state index in [2.05, 4.69) is 25.5 Å². The SMILES string of the molecule is Cc1nn(C2CCCCC2)c(C)c1CC(C)N. The zero-order valence-electron chi connectivity index (χ0n) is 11.4. The minimum Gasteiger partial charge on any atom is -0.328 e. The van der Waals surface area contributed by atoms with E-state index in [4.69, 9.17) is 10.8 Å². The van der Waals surface area contributed by atoms with Gasteiger partial charge in [0.2, 0.25) is 0 Å². The van der Waals surface area contributed by atoms with E-state index >= 15 is 0 Å². The fourth-order valence-electron chi connectivity index (χ4n) is 3.00. The summed E-state index contributed by atoms with van der Waals surface area (Å²) in [6.45, 7) is 6.38. The highest BCUT2D eigenvalue weighted by molar-refractivity contribution is 5.26. The highest BCUT2D eigenvalue weighted by atomic mass is 15.3. The topological polar surface area (TPSA) is 43.8 Å². The van der Waals surface area contributed by atoms with E-state index in [1.165, 1.54) is 49.1 Å². The van der Waals surface area contributed by atoms with Crippen LogP contribution < -0.4 is 5.73 Å². The minimum absolute atomic E-state index is 0.219. The van der Waals surface area contributed by atoms with Crippen LogP contribution in [-0.2, 0) is 6.42 Å². The zero-order valence-corrected chi connectivity index (χ0v) is 11.4. The van der Waals surface area contributed by atoms with Crippen LogP contribution in [0.2, 0.25) is 0 Å². The van der Waals surface area contributed by atoms with Gasteiger partial charge in [-0.05, 0) is 45.6 Å². The largest absolute Gasteiger partial charge is 0.328 e. The van der Waals surface area contributed by atoms with Crippen LogP contribution in [0.4, 0.5) is 0 Å². The van der Waals surface area contributed by atoms with Gasteiger partial charge in [-0.3, -0.25) is 4.68 Å². The van der Waals surface area contributed by atoms with E-state index in [1.807, 2.05) is 0 Å². The van der Waals surface area contributed by atoms with Gasteiger partial charge in [0.15, 0.2) is 0 Å². The van der Waals surface area contributed by atoms with Crippen molar-refractivity contribution < 1.29 is 0 Å². The molecule has 0 amide bonds. The molecule has 2 rings (SSSR count). The third-order valence-corrected chi connectivity index (χ3v) is 3.92. The average Bonchev–Trinajstić information content (AvgIpc) is 2.58. The third-order valence-electron chi connectivity index (χ3n) is 3.92. The summed E-state index contributed by atoms with van der Waals surface area (Å²) in [4.78, 5) is 0. The smallest absolute Gasteiger partial charge is 0.0629 e. The lowest BCUT2D eigenvalue weighted by molar-refractivity contribution is 0.323. The molecule has 1 aromatic rings. The van der Waals surface area contributed by atoms with Crippen LogP contribution in [0.3, 0.4) is 0 Å². The van der Waals surface area contributed by atoms with Gasteiger partial charge in [-0.1, -0.05) is 19.3 Å². The number of aromatic nitrogens is 2. The molecular weight excluding hydrogens is 210 g/mol. The maximum absolute atomic E-state index is 5.91. The Morgan fingerprint density at radius 1 is 1.29 bits per heavy atom. The molecule has 3 nitrogen and oxygen atoms in total. The van der Waals surface area contributed by atoms with Crippen LogP contribution in [0.25, 0.3) is 0 Å². The Bertz CT molecular complexity index is 373. The first-order valence-corrected chi connectivity index (χ1v) is 6.89. The van der Waals surface area contributed by atoms with E-state index in [1.54, 1.807) is 0 Å². The molecule has 0 bridgehead atoms. The normalized spacial score (nSPS) is 19.5. The van der Waals surface area contributed by atoms with Crippen LogP contribution in [0, 0.1) is 13.8 Å². The number of nitrogens with zero attached hydrogens (tertiary/aromatic N) is 2. The fourth-order valence-corrected chi connectivity index (χ4v) is 3.00. The maximum atomic E-state index is 5.91. The number of rotatable bonds is 3. The standard InChI is InChI=1S/C14H25N3/c1-10(15)9-14-11(2)16-17(12(14)3)13-7-5-4-6-8-13/h10,13H,4-9,15H2,1-3H3. The predicted molar refractivity (Wildman–Crippen MR) is 71.2 cm³/mol. The Balaban J connectivity index is 2.23. The first-order valence-electron chi connectivity index (χ1n) is 6.89. The molecule has 0 spiro atoms. The number of hydrogen-bond acceptors (Lipinski definition) is 2. The minimum atomic E-state index is 0.219. The summed E-state index contributed by atoms with van der Waals surface area (Å²) in [7, 11) is 0. The molecule has 1 unspecified atom stereocenters. The van der Waals surface area contributed by atoms with E-state index in [-0.39, 0.29) is 6.04 Å². The van der Waals surface area contributed by atoms with E-state index in [0.717, 1.165) is 6.42 Å². The Kier molecular flexibility index (Phi) is 3.87. The summed E-state index contributed by atoms with van der Waals surface area (Å²) >= 11 is 0. The summed E-state index contributed by atoms with van der Waals surface area (Å²) in [5, 5.41) is 4.75. The first-order chi connectivity index (χ1) is 8.09. The highest BCUT2D eigenvalue weighted by Crippen LogP contribution is 2.30. The molecule has 17 heavy (non-hydrogen) atoms. The van der Waals surface area contributed by atoms with Crippen LogP contribution in [0.15, 0.2) is 0 Å². The van der Waals surface area contributed by atoms with Gasteiger partial charge >= 0.3 is 0 Å². The summed E-state index contributed by atoms with van der Waals surface area (Å²) < 4.78 is 2.27. The molecular formula is C14H25N3. The molecule has 0 radical (unpaired) electrons. The molecule has 0 aromatic carbocycles. The molecule has 1 aliphatic rings. The second-order valence-electron chi connectivity index (χ2n) is 5.57. The lowest BCUT2D eigenvalue weighted by Gasteiger charge is -2.23. The highest BCUT2D eigenvalue weighted by Gasteiger charge is 2.21. The monoisotopic (exact) mass is 235 g/mol. The summed E-state index contributed by atoms with van der Waals surface area (Å²) in [5.41, 5.74) is 9.79. The van der Waals surface area contributed by atoms with E-state index < -0.39 is 0 Å². The Labute approximate surface area is 104 Å². The van der Waals surface area contributed by atoms with Crippen LogP contribution >= 0.6 is 0 Å². The van der Waals surface area contributed by atoms with Crippen molar-refractivity contribution in [2.75, 3.05) is 0 Å². The third kappa shape index (κ3) is 2.71. The molecule has 1 heterocycles. The second-order valence-corrected chi connectivity index (χ2v) is 5.57. The first kappa shape index (κ1) is 12.6. The van der Waals surface area contributed by atoms with Crippen LogP contribution in [-0.4, -0.2) is 15.8 Å². The van der Waals surface area contributed by atoms with Crippen molar-refractivity contribution in [3.8, 4) is 0 Å². The van der Waals surface area contributed by atoms with Gasteiger partial charge in [0.05, 0.1) is 11.7 Å². The number of hydrogen-bond donors (Lipinski definition) is 1. The average molecular weight is 235 g/mol. The van der Waals surface area contributed by atoms with Gasteiger partial charge < -0.3 is 5.73 Å². The maximum Gasteiger partial charge on any atom is 0.0629 e. The molecule has 1 fully saturated rings. The molecule has 1 aromatic heterocycles. The van der Waals surface area contributed by atoms with Gasteiger partial charge in [-0.15, -0.1) is 0 Å². The molecule has 96 valence electrons. The molecule has 0 saturated heterocycles. The summed E-state index contributed by atoms with van der Waals surface area (Å²) in [6.07, 6.45) is 7.63. The molecule has 1 saturated carbocycles. The van der Waals surface area contributed by atoms with Crippen molar-refractivity contribution in [1.82, 2.24) is 9.78 Å². The predicted octanol–water partition coefficient (Wildman–Crippen LogP) is 2.89. The lowest BCUT2D eigenvalue weighted by atomic mass is 9.95. The Morgan fingerprint density at radius 2 is 1.94 bits per heavy atom. The molecule has 1 aliphatic carbocycles. The van der Waals surface area contributed by atoms with E-state index in [9.17, 15) is 0 Å². The quantitative estimate of drug-likeness (QED) is 0.875. The molecule has 1 atom stereocenters. The van der Waals surface area contributed by atoms with Crippen LogP contribution in [0.5, 0.6) is 0 Å². The van der Waals surface area contributed by atoms with E-state index in [0.29, 0.717) is 6.04 Å². The molecule has 2 N–H and O–H groups in total. The van der Waals surface area contributed by atoms with Crippen molar-refractivity contribution in [2.24, 2.45) is 5.73 Å². The van der Waals surface area contributed by atoms with Crippen molar-refractivity contribution in [3.05, 3.63) is 17.0 Å². The van der Waals surface area contributed by atoms with Crippen molar-refractivity contribution in [3.63, 3.8) is 0 Å². The van der Waals surface area contributed by atoms with Crippen molar-refractivity contribution in [1.29, 1.82) is 0 Å². The molecule has 0 aliphatic heterocycles. The fraction of sp³-hybridized carbons (Fsp3) is 0.786. The number of aryl methyl sites for hydroxylation is 1. The number of nitrogens with two attached hydrogens (primary N) is 1. The van der Waals surface area contributed by atoms with Gasteiger partial charge in [-0.25, -0.2) is 0 Å². The van der Waals surface area contributed by atoms with Gasteiger partial charge in [0, 0.05) is 11.7 Å². The van der Waals surface area contributed by atoms with Crippen molar-refractivity contribution in [2.45, 2.75) is 71.4 Å². The molecule has 3 heteroatoms.